The first-order valence-electron chi connectivity index (χ1n) is 6.16. The van der Waals surface area contributed by atoms with Gasteiger partial charge in [0, 0.05) is 16.8 Å². The van der Waals surface area contributed by atoms with E-state index in [1.54, 1.807) is 0 Å². The standard InChI is InChI=1S/C14H12BrIN2O/c15-10-5-1-8(2-6-10)7-11-17-13(9-3-4-9)12(16)14(19)18-11/h1-2,5-6,9H,3-4,7H2,(H,17,18,19). The third-order valence-electron chi connectivity index (χ3n) is 3.19. The molecule has 0 amide bonds. The van der Waals surface area contributed by atoms with Crippen LogP contribution in [0.1, 0.15) is 35.8 Å². The van der Waals surface area contributed by atoms with E-state index in [9.17, 15) is 4.79 Å². The van der Waals surface area contributed by atoms with Crippen molar-refractivity contribution in [2.75, 3.05) is 0 Å². The highest BCUT2D eigenvalue weighted by atomic mass is 127. The molecule has 3 nitrogen and oxygen atoms in total. The molecule has 1 saturated carbocycles. The molecule has 98 valence electrons. The smallest absolute Gasteiger partial charge is 0.264 e. The molecule has 0 spiro atoms. The average molecular weight is 431 g/mol. The third-order valence-corrected chi connectivity index (χ3v) is 4.76. The van der Waals surface area contributed by atoms with Crippen molar-refractivity contribution in [2.24, 2.45) is 0 Å². The number of nitrogens with one attached hydrogen (secondary N) is 1. The summed E-state index contributed by atoms with van der Waals surface area (Å²) in [5.41, 5.74) is 2.12. The number of benzene rings is 1. The maximum Gasteiger partial charge on any atom is 0.264 e. The van der Waals surface area contributed by atoms with Gasteiger partial charge in [-0.25, -0.2) is 4.98 Å². The monoisotopic (exact) mass is 430 g/mol. The summed E-state index contributed by atoms with van der Waals surface area (Å²) in [4.78, 5) is 19.4. The van der Waals surface area contributed by atoms with Crippen LogP contribution in [0, 0.1) is 3.57 Å². The summed E-state index contributed by atoms with van der Waals surface area (Å²) in [5.74, 6) is 1.26. The molecule has 1 N–H and O–H groups in total. The maximum atomic E-state index is 11.9. The van der Waals surface area contributed by atoms with E-state index in [-0.39, 0.29) is 5.56 Å². The van der Waals surface area contributed by atoms with Gasteiger partial charge in [-0.05, 0) is 53.1 Å². The van der Waals surface area contributed by atoms with Crippen molar-refractivity contribution in [3.05, 3.63) is 59.7 Å². The van der Waals surface area contributed by atoms with Gasteiger partial charge in [-0.2, -0.15) is 0 Å². The van der Waals surface area contributed by atoms with Crippen LogP contribution in [0.5, 0.6) is 0 Å². The van der Waals surface area contributed by atoms with Gasteiger partial charge < -0.3 is 4.98 Å². The molecule has 0 bridgehead atoms. The summed E-state index contributed by atoms with van der Waals surface area (Å²) in [5, 5.41) is 0. The molecule has 0 atom stereocenters. The summed E-state index contributed by atoms with van der Waals surface area (Å²) >= 11 is 5.52. The van der Waals surface area contributed by atoms with E-state index in [2.05, 4.69) is 48.5 Å². The molecule has 0 unspecified atom stereocenters. The predicted molar refractivity (Wildman–Crippen MR) is 86.5 cm³/mol. The molecule has 1 aliphatic rings. The van der Waals surface area contributed by atoms with E-state index < -0.39 is 0 Å². The molecule has 1 heterocycles. The topological polar surface area (TPSA) is 45.8 Å². The molecule has 19 heavy (non-hydrogen) atoms. The molecular formula is C14H12BrIN2O. The maximum absolute atomic E-state index is 11.9. The number of rotatable bonds is 3. The Balaban J connectivity index is 1.92. The molecular weight excluding hydrogens is 419 g/mol. The summed E-state index contributed by atoms with van der Waals surface area (Å²) in [6.07, 6.45) is 2.98. The van der Waals surface area contributed by atoms with Gasteiger partial charge in [0.2, 0.25) is 0 Å². The second kappa shape index (κ2) is 5.36. The molecule has 1 aromatic heterocycles. The zero-order valence-corrected chi connectivity index (χ0v) is 13.9. The van der Waals surface area contributed by atoms with Gasteiger partial charge in [-0.1, -0.05) is 28.1 Å². The van der Waals surface area contributed by atoms with E-state index in [1.807, 2.05) is 24.3 Å². The molecule has 0 saturated heterocycles. The Morgan fingerprint density at radius 3 is 2.63 bits per heavy atom. The van der Waals surface area contributed by atoms with Crippen molar-refractivity contribution in [2.45, 2.75) is 25.2 Å². The lowest BCUT2D eigenvalue weighted by Crippen LogP contribution is -2.18. The molecule has 0 radical (unpaired) electrons. The highest BCUT2D eigenvalue weighted by Gasteiger charge is 2.28. The summed E-state index contributed by atoms with van der Waals surface area (Å²) in [6.45, 7) is 0. The van der Waals surface area contributed by atoms with Crippen LogP contribution in [-0.4, -0.2) is 9.97 Å². The number of nitrogens with zero attached hydrogens (tertiary/aromatic N) is 1. The first-order chi connectivity index (χ1) is 9.13. The Labute approximate surface area is 133 Å². The average Bonchev–Trinajstić information content (AvgIpc) is 3.21. The van der Waals surface area contributed by atoms with E-state index >= 15 is 0 Å². The van der Waals surface area contributed by atoms with Gasteiger partial charge in [0.15, 0.2) is 0 Å². The third kappa shape index (κ3) is 3.08. The molecule has 3 rings (SSSR count). The molecule has 1 aromatic carbocycles. The lowest BCUT2D eigenvalue weighted by molar-refractivity contribution is 0.869. The Morgan fingerprint density at radius 2 is 2.00 bits per heavy atom. The lowest BCUT2D eigenvalue weighted by Gasteiger charge is -2.06. The Bertz CT molecular complexity index is 662. The first-order valence-corrected chi connectivity index (χ1v) is 8.03. The van der Waals surface area contributed by atoms with Crippen molar-refractivity contribution in [1.29, 1.82) is 0 Å². The fraction of sp³-hybridized carbons (Fsp3) is 0.286. The molecule has 0 aliphatic heterocycles. The van der Waals surface area contributed by atoms with Crippen molar-refractivity contribution < 1.29 is 0 Å². The Morgan fingerprint density at radius 1 is 1.32 bits per heavy atom. The van der Waals surface area contributed by atoms with Crippen LogP contribution < -0.4 is 5.56 Å². The minimum atomic E-state index is -0.00962. The summed E-state index contributed by atoms with van der Waals surface area (Å²) in [6, 6.07) is 8.08. The van der Waals surface area contributed by atoms with Gasteiger partial charge in [-0.15, -0.1) is 0 Å². The molecule has 2 aromatic rings. The second-order valence-corrected chi connectivity index (χ2v) is 6.78. The Hall–Kier alpha value is -0.690. The van der Waals surface area contributed by atoms with Gasteiger partial charge in [0.05, 0.1) is 9.26 Å². The minimum absolute atomic E-state index is 0.00962. The summed E-state index contributed by atoms with van der Waals surface area (Å²) in [7, 11) is 0. The minimum Gasteiger partial charge on any atom is -0.309 e. The van der Waals surface area contributed by atoms with Crippen molar-refractivity contribution in [3.8, 4) is 0 Å². The number of hydrogen-bond acceptors (Lipinski definition) is 2. The quantitative estimate of drug-likeness (QED) is 0.756. The van der Waals surface area contributed by atoms with Crippen LogP contribution in [-0.2, 0) is 6.42 Å². The SMILES string of the molecule is O=c1[nH]c(Cc2ccc(Br)cc2)nc(C2CC2)c1I. The zero-order chi connectivity index (χ0) is 13.4. The molecule has 1 fully saturated rings. The highest BCUT2D eigenvalue weighted by Crippen LogP contribution is 2.40. The van der Waals surface area contributed by atoms with E-state index in [1.165, 1.54) is 0 Å². The molecule has 5 heteroatoms. The number of aromatic amines is 1. The van der Waals surface area contributed by atoms with Gasteiger partial charge in [0.1, 0.15) is 5.82 Å². The number of aromatic nitrogens is 2. The largest absolute Gasteiger partial charge is 0.309 e. The van der Waals surface area contributed by atoms with E-state index in [0.717, 1.165) is 38.0 Å². The van der Waals surface area contributed by atoms with Crippen molar-refractivity contribution >= 4 is 38.5 Å². The van der Waals surface area contributed by atoms with E-state index in [0.29, 0.717) is 12.3 Å². The van der Waals surface area contributed by atoms with Crippen LogP contribution in [0.3, 0.4) is 0 Å². The van der Waals surface area contributed by atoms with Gasteiger partial charge >= 0.3 is 0 Å². The van der Waals surface area contributed by atoms with Crippen molar-refractivity contribution in [1.82, 2.24) is 9.97 Å². The predicted octanol–water partition coefficient (Wildman–Crippen LogP) is 3.61. The van der Waals surface area contributed by atoms with Crippen LogP contribution in [0.2, 0.25) is 0 Å². The number of halogens is 2. The first kappa shape index (κ1) is 13.3. The van der Waals surface area contributed by atoms with Crippen LogP contribution in [0.4, 0.5) is 0 Å². The van der Waals surface area contributed by atoms with Crippen molar-refractivity contribution in [3.63, 3.8) is 0 Å². The fourth-order valence-corrected chi connectivity index (χ4v) is 2.99. The molecule has 1 aliphatic carbocycles. The van der Waals surface area contributed by atoms with Crippen LogP contribution >= 0.6 is 38.5 Å². The zero-order valence-electron chi connectivity index (χ0n) is 10.1. The Kier molecular flexibility index (Phi) is 3.75. The second-order valence-electron chi connectivity index (χ2n) is 4.79. The summed E-state index contributed by atoms with van der Waals surface area (Å²) < 4.78 is 1.80. The normalized spacial score (nSPS) is 14.6. The van der Waals surface area contributed by atoms with E-state index in [4.69, 9.17) is 0 Å². The van der Waals surface area contributed by atoms with Crippen LogP contribution in [0.25, 0.3) is 0 Å². The van der Waals surface area contributed by atoms with Gasteiger partial charge in [-0.3, -0.25) is 4.79 Å². The number of hydrogen-bond donors (Lipinski definition) is 1. The highest BCUT2D eigenvalue weighted by molar-refractivity contribution is 14.1. The van der Waals surface area contributed by atoms with Gasteiger partial charge in [0.25, 0.3) is 5.56 Å². The number of H-pyrrole nitrogens is 1. The fourth-order valence-electron chi connectivity index (χ4n) is 2.03. The van der Waals surface area contributed by atoms with Crippen LogP contribution in [0.15, 0.2) is 33.5 Å². The lowest BCUT2D eigenvalue weighted by atomic mass is 10.1.